The molecule has 0 radical (unpaired) electrons. The maximum absolute atomic E-state index is 13.2. The van der Waals surface area contributed by atoms with E-state index in [1.165, 1.54) is 17.7 Å². The molecule has 0 aliphatic rings. The number of rotatable bonds is 3. The molecule has 94 valence electrons. The lowest BCUT2D eigenvalue weighted by Crippen LogP contribution is -2.07. The molecular formula is C15H17FN2. The van der Waals surface area contributed by atoms with Gasteiger partial charge in [-0.25, -0.2) is 4.39 Å². The summed E-state index contributed by atoms with van der Waals surface area (Å²) in [6.07, 6.45) is 0. The van der Waals surface area contributed by atoms with Crippen molar-refractivity contribution in [3.05, 3.63) is 59.4 Å². The zero-order valence-electron chi connectivity index (χ0n) is 10.6. The quantitative estimate of drug-likeness (QED) is 0.804. The van der Waals surface area contributed by atoms with Crippen LogP contribution in [0.25, 0.3) is 0 Å². The minimum Gasteiger partial charge on any atom is -0.399 e. The lowest BCUT2D eigenvalue weighted by Gasteiger charge is -2.16. The molecule has 0 aromatic heterocycles. The van der Waals surface area contributed by atoms with Gasteiger partial charge in [0.15, 0.2) is 0 Å². The van der Waals surface area contributed by atoms with E-state index in [-0.39, 0.29) is 11.9 Å². The summed E-state index contributed by atoms with van der Waals surface area (Å²) in [4.78, 5) is 0. The number of nitrogens with one attached hydrogen (secondary N) is 1. The maximum Gasteiger partial charge on any atom is 0.127 e. The third-order valence-electron chi connectivity index (χ3n) is 2.88. The van der Waals surface area contributed by atoms with E-state index in [4.69, 9.17) is 5.73 Å². The van der Waals surface area contributed by atoms with E-state index >= 15 is 0 Å². The minimum absolute atomic E-state index is 0.104. The summed E-state index contributed by atoms with van der Waals surface area (Å²) in [6.45, 7) is 4.08. The van der Waals surface area contributed by atoms with Crippen LogP contribution in [0.15, 0.2) is 42.5 Å². The van der Waals surface area contributed by atoms with Crippen LogP contribution in [0.3, 0.4) is 0 Å². The second kappa shape index (κ2) is 5.08. The molecule has 0 heterocycles. The van der Waals surface area contributed by atoms with Gasteiger partial charge in [-0.1, -0.05) is 29.8 Å². The molecule has 2 aromatic carbocycles. The normalized spacial score (nSPS) is 12.2. The van der Waals surface area contributed by atoms with Gasteiger partial charge < -0.3 is 11.1 Å². The summed E-state index contributed by atoms with van der Waals surface area (Å²) < 4.78 is 13.2. The zero-order valence-corrected chi connectivity index (χ0v) is 10.6. The fourth-order valence-corrected chi connectivity index (χ4v) is 1.88. The van der Waals surface area contributed by atoms with Crippen LogP contribution in [0, 0.1) is 12.7 Å². The SMILES string of the molecule is Cc1ccc(C(C)Nc2cc(N)cc(F)c2)cc1. The van der Waals surface area contributed by atoms with E-state index in [0.717, 1.165) is 5.56 Å². The van der Waals surface area contributed by atoms with Crippen LogP contribution in [-0.2, 0) is 0 Å². The van der Waals surface area contributed by atoms with Crippen LogP contribution in [-0.4, -0.2) is 0 Å². The summed E-state index contributed by atoms with van der Waals surface area (Å²) in [5.74, 6) is -0.325. The first kappa shape index (κ1) is 12.4. The molecule has 0 fully saturated rings. The number of benzene rings is 2. The van der Waals surface area contributed by atoms with E-state index in [0.29, 0.717) is 11.4 Å². The molecule has 0 saturated heterocycles. The average molecular weight is 244 g/mol. The Labute approximate surface area is 107 Å². The van der Waals surface area contributed by atoms with Crippen molar-refractivity contribution in [1.29, 1.82) is 0 Å². The zero-order chi connectivity index (χ0) is 13.1. The number of hydrogen-bond acceptors (Lipinski definition) is 2. The van der Waals surface area contributed by atoms with Crippen molar-refractivity contribution < 1.29 is 4.39 Å². The summed E-state index contributed by atoms with van der Waals surface area (Å²) in [5, 5.41) is 3.24. The van der Waals surface area contributed by atoms with E-state index in [2.05, 4.69) is 36.5 Å². The Hall–Kier alpha value is -2.03. The average Bonchev–Trinajstić information content (AvgIpc) is 2.28. The lowest BCUT2D eigenvalue weighted by molar-refractivity contribution is 0.628. The van der Waals surface area contributed by atoms with Gasteiger partial charge in [-0.05, 0) is 37.6 Å². The van der Waals surface area contributed by atoms with Gasteiger partial charge in [0.05, 0.1) is 0 Å². The van der Waals surface area contributed by atoms with E-state index in [9.17, 15) is 4.39 Å². The van der Waals surface area contributed by atoms with Crippen molar-refractivity contribution in [3.8, 4) is 0 Å². The Balaban J connectivity index is 2.15. The highest BCUT2D eigenvalue weighted by Gasteiger charge is 2.06. The number of aryl methyl sites for hydroxylation is 1. The Morgan fingerprint density at radius 2 is 1.78 bits per heavy atom. The standard InChI is InChI=1S/C15H17FN2/c1-10-3-5-12(6-4-10)11(2)18-15-8-13(16)7-14(17)9-15/h3-9,11,18H,17H2,1-2H3. The fourth-order valence-electron chi connectivity index (χ4n) is 1.88. The van der Waals surface area contributed by atoms with Gasteiger partial charge in [-0.3, -0.25) is 0 Å². The smallest absolute Gasteiger partial charge is 0.127 e. The number of nitrogens with two attached hydrogens (primary N) is 1. The van der Waals surface area contributed by atoms with Crippen molar-refractivity contribution in [1.82, 2.24) is 0 Å². The van der Waals surface area contributed by atoms with Crippen LogP contribution in [0.5, 0.6) is 0 Å². The van der Waals surface area contributed by atoms with Gasteiger partial charge in [-0.15, -0.1) is 0 Å². The van der Waals surface area contributed by atoms with E-state index in [1.54, 1.807) is 6.07 Å². The van der Waals surface area contributed by atoms with Gasteiger partial charge in [0.1, 0.15) is 5.82 Å². The van der Waals surface area contributed by atoms with Gasteiger partial charge >= 0.3 is 0 Å². The van der Waals surface area contributed by atoms with Crippen molar-refractivity contribution in [2.24, 2.45) is 0 Å². The maximum atomic E-state index is 13.2. The molecule has 1 unspecified atom stereocenters. The number of halogens is 1. The Bertz CT molecular complexity index is 514. The number of hydrogen-bond donors (Lipinski definition) is 2. The Kier molecular flexibility index (Phi) is 3.51. The van der Waals surface area contributed by atoms with E-state index < -0.39 is 0 Å². The highest BCUT2D eigenvalue weighted by Crippen LogP contribution is 2.22. The molecule has 0 saturated carbocycles. The predicted molar refractivity (Wildman–Crippen MR) is 74.0 cm³/mol. The first-order valence-corrected chi connectivity index (χ1v) is 5.94. The molecule has 2 aromatic rings. The highest BCUT2D eigenvalue weighted by molar-refractivity contribution is 5.55. The third kappa shape index (κ3) is 3.00. The molecule has 0 aliphatic carbocycles. The van der Waals surface area contributed by atoms with E-state index in [1.807, 2.05) is 6.92 Å². The topological polar surface area (TPSA) is 38.0 Å². The largest absolute Gasteiger partial charge is 0.399 e. The molecular weight excluding hydrogens is 227 g/mol. The summed E-state index contributed by atoms with van der Waals surface area (Å²) >= 11 is 0. The van der Waals surface area contributed by atoms with Crippen molar-refractivity contribution in [3.63, 3.8) is 0 Å². The van der Waals surface area contributed by atoms with Crippen LogP contribution in [0.4, 0.5) is 15.8 Å². The minimum atomic E-state index is -0.325. The summed E-state index contributed by atoms with van der Waals surface area (Å²) in [5.41, 5.74) is 9.11. The molecule has 3 N–H and O–H groups in total. The lowest BCUT2D eigenvalue weighted by atomic mass is 10.1. The van der Waals surface area contributed by atoms with Crippen molar-refractivity contribution in [2.45, 2.75) is 19.9 Å². The third-order valence-corrected chi connectivity index (χ3v) is 2.88. The van der Waals surface area contributed by atoms with Crippen molar-refractivity contribution >= 4 is 11.4 Å². The molecule has 1 atom stereocenters. The molecule has 2 nitrogen and oxygen atoms in total. The predicted octanol–water partition coefficient (Wildman–Crippen LogP) is 3.89. The van der Waals surface area contributed by atoms with Gasteiger partial charge in [0.2, 0.25) is 0 Å². The molecule has 0 spiro atoms. The first-order valence-electron chi connectivity index (χ1n) is 5.94. The molecule has 3 heteroatoms. The number of nitrogen functional groups attached to an aromatic ring is 1. The van der Waals surface area contributed by atoms with Gasteiger partial charge in [0.25, 0.3) is 0 Å². The summed E-state index contributed by atoms with van der Waals surface area (Å²) in [7, 11) is 0. The van der Waals surface area contributed by atoms with Crippen molar-refractivity contribution in [2.75, 3.05) is 11.1 Å². The molecule has 0 amide bonds. The molecule has 0 bridgehead atoms. The fraction of sp³-hybridized carbons (Fsp3) is 0.200. The van der Waals surface area contributed by atoms with Gasteiger partial charge in [0, 0.05) is 17.4 Å². The van der Waals surface area contributed by atoms with Crippen LogP contribution < -0.4 is 11.1 Å². The molecule has 0 aliphatic heterocycles. The second-order valence-electron chi connectivity index (χ2n) is 4.55. The summed E-state index contributed by atoms with van der Waals surface area (Å²) in [6, 6.07) is 12.8. The Morgan fingerprint density at radius 3 is 2.39 bits per heavy atom. The van der Waals surface area contributed by atoms with Crippen LogP contribution >= 0.6 is 0 Å². The molecule has 18 heavy (non-hydrogen) atoms. The Morgan fingerprint density at radius 1 is 1.11 bits per heavy atom. The van der Waals surface area contributed by atoms with Crippen LogP contribution in [0.2, 0.25) is 0 Å². The van der Waals surface area contributed by atoms with Gasteiger partial charge in [-0.2, -0.15) is 0 Å². The molecule has 2 rings (SSSR count). The number of anilines is 2. The van der Waals surface area contributed by atoms with Crippen LogP contribution in [0.1, 0.15) is 24.1 Å². The second-order valence-corrected chi connectivity index (χ2v) is 4.55. The monoisotopic (exact) mass is 244 g/mol. The highest BCUT2D eigenvalue weighted by atomic mass is 19.1. The first-order chi connectivity index (χ1) is 8.54.